The van der Waals surface area contributed by atoms with E-state index in [2.05, 4.69) is 0 Å². The molecule has 27 heavy (non-hydrogen) atoms. The summed E-state index contributed by atoms with van der Waals surface area (Å²) in [6, 6.07) is 9.81. The minimum absolute atomic E-state index is 0.0138. The van der Waals surface area contributed by atoms with Crippen molar-refractivity contribution in [2.75, 3.05) is 26.2 Å². The van der Waals surface area contributed by atoms with Crippen molar-refractivity contribution in [2.24, 2.45) is 11.8 Å². The van der Waals surface area contributed by atoms with Gasteiger partial charge in [0.2, 0.25) is 11.8 Å². The Kier molecular flexibility index (Phi) is 6.14. The molecular weight excluding hydrogens is 344 g/mol. The fourth-order valence-corrected chi connectivity index (χ4v) is 4.07. The number of carbonyl (C=O) groups is 3. The number of hydrogen-bond acceptors (Lipinski definition) is 4. The van der Waals surface area contributed by atoms with Crippen LogP contribution < -0.4 is 0 Å². The predicted molar refractivity (Wildman–Crippen MR) is 101 cm³/mol. The number of hydrogen-bond donors (Lipinski definition) is 0. The summed E-state index contributed by atoms with van der Waals surface area (Å²) in [5, 5.41) is 0. The second-order valence-corrected chi connectivity index (χ2v) is 7.41. The monoisotopic (exact) mass is 372 g/mol. The van der Waals surface area contributed by atoms with E-state index in [9.17, 15) is 14.4 Å². The number of piperidine rings is 1. The lowest BCUT2D eigenvalue weighted by atomic mass is 9.96. The van der Waals surface area contributed by atoms with Crippen molar-refractivity contribution in [1.82, 2.24) is 9.80 Å². The highest BCUT2D eigenvalue weighted by Crippen LogP contribution is 2.30. The number of likely N-dealkylation sites (tertiary alicyclic amines) is 2. The molecule has 2 aliphatic heterocycles. The summed E-state index contributed by atoms with van der Waals surface area (Å²) in [6.45, 7) is 5.62. The number of esters is 1. The fourth-order valence-electron chi connectivity index (χ4n) is 4.07. The van der Waals surface area contributed by atoms with Crippen molar-refractivity contribution in [1.29, 1.82) is 0 Å². The van der Waals surface area contributed by atoms with Crippen LogP contribution >= 0.6 is 0 Å². The average Bonchev–Trinajstić information content (AvgIpc) is 3.09. The zero-order valence-corrected chi connectivity index (χ0v) is 16.1. The second kappa shape index (κ2) is 8.55. The van der Waals surface area contributed by atoms with E-state index >= 15 is 0 Å². The molecule has 0 N–H and O–H groups in total. The maximum Gasteiger partial charge on any atom is 0.310 e. The van der Waals surface area contributed by atoms with E-state index in [1.54, 1.807) is 16.7 Å². The molecule has 2 fully saturated rings. The Labute approximate surface area is 160 Å². The van der Waals surface area contributed by atoms with Crippen molar-refractivity contribution in [2.45, 2.75) is 39.2 Å². The number of carbonyl (C=O) groups excluding carboxylic acids is 3. The third-order valence-electron chi connectivity index (χ3n) is 5.61. The van der Waals surface area contributed by atoms with Gasteiger partial charge in [0.1, 0.15) is 0 Å². The minimum Gasteiger partial charge on any atom is -0.466 e. The van der Waals surface area contributed by atoms with Crippen LogP contribution in [0.5, 0.6) is 0 Å². The molecule has 6 nitrogen and oxygen atoms in total. The van der Waals surface area contributed by atoms with Gasteiger partial charge in [-0.2, -0.15) is 0 Å². The summed E-state index contributed by atoms with van der Waals surface area (Å²) >= 11 is 0. The number of ether oxygens (including phenoxy) is 1. The molecule has 3 atom stereocenters. The van der Waals surface area contributed by atoms with Crippen LogP contribution in [0.15, 0.2) is 30.3 Å². The fraction of sp³-hybridized carbons (Fsp3) is 0.571. The Hall–Kier alpha value is -2.37. The molecule has 3 rings (SSSR count). The number of nitrogens with zero attached hydrogens (tertiary/aromatic N) is 2. The molecule has 0 spiro atoms. The first kappa shape index (κ1) is 19.4. The van der Waals surface area contributed by atoms with Crippen molar-refractivity contribution < 1.29 is 19.1 Å². The summed E-state index contributed by atoms with van der Waals surface area (Å²) in [5.74, 6) is -0.802. The molecule has 0 saturated carbocycles. The summed E-state index contributed by atoms with van der Waals surface area (Å²) in [6.07, 6.45) is 1.79. The lowest BCUT2D eigenvalue weighted by Crippen LogP contribution is -2.45. The molecule has 2 aliphatic rings. The van der Waals surface area contributed by atoms with Gasteiger partial charge >= 0.3 is 5.97 Å². The highest BCUT2D eigenvalue weighted by atomic mass is 16.5. The lowest BCUT2D eigenvalue weighted by Gasteiger charge is -2.33. The average molecular weight is 372 g/mol. The van der Waals surface area contributed by atoms with E-state index in [1.807, 2.05) is 37.3 Å². The number of amides is 2. The summed E-state index contributed by atoms with van der Waals surface area (Å²) in [7, 11) is 0. The van der Waals surface area contributed by atoms with Gasteiger partial charge < -0.3 is 14.5 Å². The number of rotatable bonds is 5. The summed E-state index contributed by atoms with van der Waals surface area (Å²) < 4.78 is 5.11. The van der Waals surface area contributed by atoms with Crippen LogP contribution in [-0.4, -0.2) is 53.8 Å². The van der Waals surface area contributed by atoms with Crippen LogP contribution in [0, 0.1) is 11.8 Å². The minimum atomic E-state index is -0.329. The molecule has 1 aromatic carbocycles. The maximum atomic E-state index is 13.0. The van der Waals surface area contributed by atoms with Crippen molar-refractivity contribution in [3.05, 3.63) is 35.9 Å². The highest BCUT2D eigenvalue weighted by molar-refractivity contribution is 5.90. The smallest absolute Gasteiger partial charge is 0.310 e. The van der Waals surface area contributed by atoms with E-state index in [1.165, 1.54) is 0 Å². The van der Waals surface area contributed by atoms with Crippen LogP contribution in [0.3, 0.4) is 0 Å². The molecule has 2 amide bonds. The molecule has 2 heterocycles. The zero-order valence-electron chi connectivity index (χ0n) is 16.1. The van der Waals surface area contributed by atoms with E-state index in [0.717, 1.165) is 18.4 Å². The maximum absolute atomic E-state index is 13.0. The van der Waals surface area contributed by atoms with Crippen LogP contribution in [0.4, 0.5) is 0 Å². The molecule has 146 valence electrons. The highest BCUT2D eigenvalue weighted by Gasteiger charge is 2.40. The van der Waals surface area contributed by atoms with Crippen molar-refractivity contribution in [3.63, 3.8) is 0 Å². The SMILES string of the molecule is CCOC(=O)C1CCCN(C(=O)C2CC(=O)N(C(C)c3ccccc3)C2)C1. The summed E-state index contributed by atoms with van der Waals surface area (Å²) in [4.78, 5) is 41.1. The first-order valence-electron chi connectivity index (χ1n) is 9.81. The van der Waals surface area contributed by atoms with Gasteiger partial charge in [-0.05, 0) is 32.3 Å². The molecule has 2 saturated heterocycles. The van der Waals surface area contributed by atoms with Crippen LogP contribution in [-0.2, 0) is 19.1 Å². The van der Waals surface area contributed by atoms with Crippen molar-refractivity contribution in [3.8, 4) is 0 Å². The normalized spacial score (nSPS) is 24.0. The quantitative estimate of drug-likeness (QED) is 0.745. The molecule has 6 heteroatoms. The second-order valence-electron chi connectivity index (χ2n) is 7.41. The topological polar surface area (TPSA) is 66.9 Å². The Morgan fingerprint density at radius 2 is 1.93 bits per heavy atom. The van der Waals surface area contributed by atoms with Crippen LogP contribution in [0.1, 0.15) is 44.7 Å². The molecule has 0 bridgehead atoms. The van der Waals surface area contributed by atoms with E-state index in [4.69, 9.17) is 4.74 Å². The summed E-state index contributed by atoms with van der Waals surface area (Å²) in [5.41, 5.74) is 1.07. The van der Waals surface area contributed by atoms with Crippen LogP contribution in [0.25, 0.3) is 0 Å². The lowest BCUT2D eigenvalue weighted by molar-refractivity contribution is -0.152. The van der Waals surface area contributed by atoms with Gasteiger partial charge in [-0.15, -0.1) is 0 Å². The largest absolute Gasteiger partial charge is 0.466 e. The van der Waals surface area contributed by atoms with Gasteiger partial charge in [0.25, 0.3) is 0 Å². The van der Waals surface area contributed by atoms with Gasteiger partial charge in [-0.1, -0.05) is 30.3 Å². The van der Waals surface area contributed by atoms with Gasteiger partial charge in [-0.25, -0.2) is 0 Å². The van der Waals surface area contributed by atoms with E-state index in [0.29, 0.717) is 26.2 Å². The molecule has 0 aliphatic carbocycles. The first-order chi connectivity index (χ1) is 13.0. The molecular formula is C21H28N2O4. The Morgan fingerprint density at radius 1 is 1.19 bits per heavy atom. The Bertz CT molecular complexity index is 691. The van der Waals surface area contributed by atoms with E-state index in [-0.39, 0.29) is 42.1 Å². The van der Waals surface area contributed by atoms with E-state index < -0.39 is 0 Å². The molecule has 3 unspecified atom stereocenters. The standard InChI is InChI=1S/C21H28N2O4/c1-3-27-21(26)17-10-7-11-22(13-17)20(25)18-12-19(24)23(14-18)15(2)16-8-5-4-6-9-16/h4-6,8-9,15,17-18H,3,7,10-14H2,1-2H3. The third-order valence-corrected chi connectivity index (χ3v) is 5.61. The molecule has 0 aromatic heterocycles. The third kappa shape index (κ3) is 4.31. The van der Waals surface area contributed by atoms with Crippen molar-refractivity contribution >= 4 is 17.8 Å². The van der Waals surface area contributed by atoms with Gasteiger partial charge in [-0.3, -0.25) is 14.4 Å². The molecule has 0 radical (unpaired) electrons. The van der Waals surface area contributed by atoms with Crippen LogP contribution in [0.2, 0.25) is 0 Å². The Morgan fingerprint density at radius 3 is 2.63 bits per heavy atom. The zero-order chi connectivity index (χ0) is 19.4. The van der Waals surface area contributed by atoms with Gasteiger partial charge in [0.05, 0.1) is 24.5 Å². The predicted octanol–water partition coefficient (Wildman–Crippen LogP) is 2.40. The first-order valence-corrected chi connectivity index (χ1v) is 9.81. The molecule has 1 aromatic rings. The van der Waals surface area contributed by atoms with Gasteiger partial charge in [0.15, 0.2) is 0 Å². The Balaban J connectivity index is 1.62. The number of benzene rings is 1. The van der Waals surface area contributed by atoms with Gasteiger partial charge in [0, 0.05) is 26.1 Å².